The van der Waals surface area contributed by atoms with E-state index in [4.69, 9.17) is 10.5 Å². The van der Waals surface area contributed by atoms with Gasteiger partial charge in [0, 0.05) is 16.3 Å². The lowest BCUT2D eigenvalue weighted by Crippen LogP contribution is -2.42. The maximum atomic E-state index is 13.0. The summed E-state index contributed by atoms with van der Waals surface area (Å²) in [6, 6.07) is 17.0. The van der Waals surface area contributed by atoms with E-state index in [1.165, 1.54) is 0 Å². The number of hydrogen-bond donors (Lipinski definition) is 2. The van der Waals surface area contributed by atoms with Gasteiger partial charge in [-0.05, 0) is 47.7 Å². The van der Waals surface area contributed by atoms with Crippen LogP contribution in [0.1, 0.15) is 34.6 Å². The lowest BCUT2D eigenvalue weighted by molar-refractivity contribution is -0.134. The third kappa shape index (κ3) is 8.11. The Balaban J connectivity index is 1.37. The first kappa shape index (κ1) is 24.0. The van der Waals surface area contributed by atoms with Crippen molar-refractivity contribution in [1.29, 1.82) is 0 Å². The smallest absolute Gasteiger partial charge is 0.407 e. The van der Waals surface area contributed by atoms with E-state index in [-0.39, 0.29) is 12.5 Å². The van der Waals surface area contributed by atoms with Gasteiger partial charge in [-0.15, -0.1) is 22.7 Å². The standard InChI is InChI=1S/C24H29N3O3S2/c25-22(12-4-5-13-26-24(29)30-18-19-8-2-1-3-9-19)23(28)27(16-20-10-6-14-31-20)17-21-11-7-15-32-21/h1-3,6-11,14-15,22H,4-5,12-13,16-18,25H2,(H,26,29)/t22-/m0/s1. The van der Waals surface area contributed by atoms with E-state index in [2.05, 4.69) is 5.32 Å². The Labute approximate surface area is 197 Å². The average Bonchev–Trinajstić information content (AvgIpc) is 3.51. The summed E-state index contributed by atoms with van der Waals surface area (Å²) in [6.45, 7) is 1.87. The third-order valence-corrected chi connectivity index (χ3v) is 6.63. The van der Waals surface area contributed by atoms with Crippen LogP contribution >= 0.6 is 22.7 Å². The van der Waals surface area contributed by atoms with Gasteiger partial charge >= 0.3 is 6.09 Å². The molecular weight excluding hydrogens is 442 g/mol. The van der Waals surface area contributed by atoms with Crippen LogP contribution in [0.4, 0.5) is 4.79 Å². The highest BCUT2D eigenvalue weighted by molar-refractivity contribution is 7.10. The number of nitrogens with zero attached hydrogens (tertiary/aromatic N) is 1. The second-order valence-corrected chi connectivity index (χ2v) is 9.51. The molecule has 0 aliphatic rings. The van der Waals surface area contributed by atoms with Crippen LogP contribution in [-0.4, -0.2) is 29.5 Å². The summed E-state index contributed by atoms with van der Waals surface area (Å²) in [5.74, 6) is -0.0398. The minimum Gasteiger partial charge on any atom is -0.445 e. The monoisotopic (exact) mass is 471 g/mol. The molecule has 170 valence electrons. The molecule has 0 saturated heterocycles. The van der Waals surface area contributed by atoms with E-state index < -0.39 is 12.1 Å². The number of carbonyl (C=O) groups is 2. The van der Waals surface area contributed by atoms with E-state index in [0.29, 0.717) is 26.1 Å². The van der Waals surface area contributed by atoms with E-state index in [1.54, 1.807) is 22.7 Å². The van der Waals surface area contributed by atoms with Crippen LogP contribution < -0.4 is 11.1 Å². The largest absolute Gasteiger partial charge is 0.445 e. The van der Waals surface area contributed by atoms with Crippen molar-refractivity contribution in [3.8, 4) is 0 Å². The van der Waals surface area contributed by atoms with Gasteiger partial charge < -0.3 is 20.7 Å². The Kier molecular flexibility index (Phi) is 9.74. The van der Waals surface area contributed by atoms with Gasteiger partial charge in [-0.1, -0.05) is 42.5 Å². The van der Waals surface area contributed by atoms with E-state index >= 15 is 0 Å². The minimum atomic E-state index is -0.556. The maximum absolute atomic E-state index is 13.0. The van der Waals surface area contributed by atoms with Gasteiger partial charge in [0.05, 0.1) is 19.1 Å². The fraction of sp³-hybridized carbons (Fsp3) is 0.333. The first-order valence-electron chi connectivity index (χ1n) is 10.7. The summed E-state index contributed by atoms with van der Waals surface area (Å²) >= 11 is 3.28. The van der Waals surface area contributed by atoms with Crippen LogP contribution in [0.15, 0.2) is 65.4 Å². The highest BCUT2D eigenvalue weighted by atomic mass is 32.1. The lowest BCUT2D eigenvalue weighted by Gasteiger charge is -2.25. The predicted octanol–water partition coefficient (Wildman–Crippen LogP) is 4.76. The number of alkyl carbamates (subject to hydrolysis) is 1. The number of unbranched alkanes of at least 4 members (excludes halogenated alkanes) is 1. The minimum absolute atomic E-state index is 0.0398. The van der Waals surface area contributed by atoms with Crippen molar-refractivity contribution in [2.24, 2.45) is 5.73 Å². The second kappa shape index (κ2) is 13.0. The normalized spacial score (nSPS) is 11.7. The van der Waals surface area contributed by atoms with Crippen LogP contribution in [0.25, 0.3) is 0 Å². The van der Waals surface area contributed by atoms with Crippen molar-refractivity contribution in [3.05, 3.63) is 80.7 Å². The van der Waals surface area contributed by atoms with Crippen molar-refractivity contribution >= 4 is 34.7 Å². The van der Waals surface area contributed by atoms with E-state index in [9.17, 15) is 9.59 Å². The van der Waals surface area contributed by atoms with Gasteiger partial charge in [0.25, 0.3) is 0 Å². The van der Waals surface area contributed by atoms with Crippen molar-refractivity contribution in [3.63, 3.8) is 0 Å². The number of hydrogen-bond acceptors (Lipinski definition) is 6. The van der Waals surface area contributed by atoms with Crippen molar-refractivity contribution in [2.45, 2.75) is 45.0 Å². The summed E-state index contributed by atoms with van der Waals surface area (Å²) < 4.78 is 5.19. The molecule has 3 N–H and O–H groups in total. The summed E-state index contributed by atoms with van der Waals surface area (Å²) in [7, 11) is 0. The Morgan fingerprint density at radius 3 is 2.19 bits per heavy atom. The summed E-state index contributed by atoms with van der Waals surface area (Å²) in [5.41, 5.74) is 7.18. The zero-order chi connectivity index (χ0) is 22.6. The number of benzene rings is 1. The van der Waals surface area contributed by atoms with E-state index in [0.717, 1.165) is 28.2 Å². The lowest BCUT2D eigenvalue weighted by atomic mass is 10.1. The fourth-order valence-corrected chi connectivity index (χ4v) is 4.64. The summed E-state index contributed by atoms with van der Waals surface area (Å²) in [4.78, 5) is 28.9. The van der Waals surface area contributed by atoms with Gasteiger partial charge in [0.2, 0.25) is 5.91 Å². The van der Waals surface area contributed by atoms with Crippen molar-refractivity contribution in [1.82, 2.24) is 10.2 Å². The molecule has 0 unspecified atom stereocenters. The van der Waals surface area contributed by atoms with Gasteiger partial charge in [-0.2, -0.15) is 0 Å². The van der Waals surface area contributed by atoms with Gasteiger partial charge in [-0.3, -0.25) is 4.79 Å². The molecule has 2 heterocycles. The van der Waals surface area contributed by atoms with Crippen molar-refractivity contribution < 1.29 is 14.3 Å². The van der Waals surface area contributed by atoms with Crippen LogP contribution in [0.2, 0.25) is 0 Å². The molecule has 0 aliphatic heterocycles. The Bertz CT molecular complexity index is 895. The number of amides is 2. The molecule has 6 nitrogen and oxygen atoms in total. The molecule has 0 bridgehead atoms. The third-order valence-electron chi connectivity index (χ3n) is 4.91. The zero-order valence-corrected chi connectivity index (χ0v) is 19.6. The molecule has 8 heteroatoms. The average molecular weight is 472 g/mol. The predicted molar refractivity (Wildman–Crippen MR) is 129 cm³/mol. The van der Waals surface area contributed by atoms with Crippen LogP contribution in [-0.2, 0) is 29.2 Å². The van der Waals surface area contributed by atoms with Crippen LogP contribution in [0.3, 0.4) is 0 Å². The Morgan fingerprint density at radius 2 is 1.59 bits per heavy atom. The number of nitrogens with one attached hydrogen (secondary N) is 1. The molecule has 1 atom stereocenters. The van der Waals surface area contributed by atoms with Crippen molar-refractivity contribution in [2.75, 3.05) is 6.54 Å². The summed E-state index contributed by atoms with van der Waals surface area (Å²) in [5, 5.41) is 6.77. The molecule has 0 fully saturated rings. The first-order chi connectivity index (χ1) is 15.6. The second-order valence-electron chi connectivity index (χ2n) is 7.44. The van der Waals surface area contributed by atoms with Gasteiger partial charge in [-0.25, -0.2) is 4.79 Å². The molecule has 0 spiro atoms. The van der Waals surface area contributed by atoms with Gasteiger partial charge in [0.15, 0.2) is 0 Å². The zero-order valence-electron chi connectivity index (χ0n) is 17.9. The topological polar surface area (TPSA) is 84.7 Å². The molecule has 1 aromatic carbocycles. The van der Waals surface area contributed by atoms with Crippen LogP contribution in [0, 0.1) is 0 Å². The highest BCUT2D eigenvalue weighted by Gasteiger charge is 2.22. The number of rotatable bonds is 12. The quantitative estimate of drug-likeness (QED) is 0.373. The molecule has 3 rings (SSSR count). The molecule has 3 aromatic rings. The number of ether oxygens (including phenoxy) is 1. The van der Waals surface area contributed by atoms with E-state index in [1.807, 2.05) is 70.3 Å². The SMILES string of the molecule is N[C@@H](CCCCNC(=O)OCc1ccccc1)C(=O)N(Cc1cccs1)Cc1cccs1. The molecule has 2 amide bonds. The number of carbonyl (C=O) groups excluding carboxylic acids is 2. The Morgan fingerprint density at radius 1 is 0.938 bits per heavy atom. The molecular formula is C24H29N3O3S2. The fourth-order valence-electron chi connectivity index (χ4n) is 3.20. The molecule has 0 radical (unpaired) electrons. The number of thiophene rings is 2. The molecule has 32 heavy (non-hydrogen) atoms. The highest BCUT2D eigenvalue weighted by Crippen LogP contribution is 2.18. The molecule has 0 saturated carbocycles. The van der Waals surface area contributed by atoms with Gasteiger partial charge in [0.1, 0.15) is 6.61 Å². The summed E-state index contributed by atoms with van der Waals surface area (Å²) in [6.07, 6.45) is 1.62. The molecule has 0 aliphatic carbocycles. The van der Waals surface area contributed by atoms with Crippen LogP contribution in [0.5, 0.6) is 0 Å². The Hall–Kier alpha value is -2.68. The first-order valence-corrected chi connectivity index (χ1v) is 12.4. The molecule has 2 aromatic heterocycles. The number of nitrogens with two attached hydrogens (primary N) is 1. The maximum Gasteiger partial charge on any atom is 0.407 e.